The van der Waals surface area contributed by atoms with Gasteiger partial charge in [-0.25, -0.2) is 14.4 Å². The molecule has 0 aliphatic heterocycles. The Labute approximate surface area is 259 Å². The van der Waals surface area contributed by atoms with Crippen LogP contribution < -0.4 is 14.2 Å². The number of hydrogen-bond donors (Lipinski definition) is 0. The van der Waals surface area contributed by atoms with Gasteiger partial charge in [-0.2, -0.15) is 0 Å². The molecule has 0 aliphatic rings. The van der Waals surface area contributed by atoms with Crippen LogP contribution in [0, 0.1) is 0 Å². The molecule has 0 atom stereocenters. The Hall–Kier alpha value is -4.53. The average molecular weight is 607 g/mol. The van der Waals surface area contributed by atoms with Crippen LogP contribution in [-0.2, 0) is 19.6 Å². The monoisotopic (exact) mass is 606 g/mol. The highest BCUT2D eigenvalue weighted by atomic mass is 16.7. The van der Waals surface area contributed by atoms with Crippen LogP contribution in [-0.4, -0.2) is 35.3 Å². The first-order valence-electron chi connectivity index (χ1n) is 14.3. The van der Waals surface area contributed by atoms with E-state index >= 15 is 0 Å². The van der Waals surface area contributed by atoms with Gasteiger partial charge in [0.05, 0.1) is 5.41 Å². The number of ether oxygens (including phenoxy) is 6. The van der Waals surface area contributed by atoms with Crippen LogP contribution in [0.15, 0.2) is 72.8 Å². The molecule has 0 N–H and O–H groups in total. The number of carbonyl (C=O) groups excluding carboxylic acids is 3. The molecular weight excluding hydrogens is 564 g/mol. The summed E-state index contributed by atoms with van der Waals surface area (Å²) < 4.78 is 33.6. The van der Waals surface area contributed by atoms with Crippen LogP contribution in [0.25, 0.3) is 0 Å². The minimum Gasteiger partial charge on any atom is -0.428 e. The van der Waals surface area contributed by atoms with Crippen LogP contribution >= 0.6 is 0 Å². The second-order valence-electron chi connectivity index (χ2n) is 13.3. The smallest absolute Gasteiger partial charge is 0.428 e. The Morgan fingerprint density at radius 3 is 0.864 bits per heavy atom. The summed E-state index contributed by atoms with van der Waals surface area (Å²) in [6, 6.07) is 20.7. The second kappa shape index (κ2) is 13.0. The van der Waals surface area contributed by atoms with Gasteiger partial charge in [0.1, 0.15) is 34.1 Å². The van der Waals surface area contributed by atoms with E-state index in [-0.39, 0.29) is 17.2 Å². The predicted molar refractivity (Wildman–Crippen MR) is 165 cm³/mol. The van der Waals surface area contributed by atoms with E-state index < -0.39 is 40.7 Å². The van der Waals surface area contributed by atoms with E-state index in [4.69, 9.17) is 28.4 Å². The lowest BCUT2D eigenvalue weighted by atomic mass is 9.70. The van der Waals surface area contributed by atoms with Gasteiger partial charge in [0.15, 0.2) is 0 Å². The molecule has 0 saturated heterocycles. The van der Waals surface area contributed by atoms with Crippen LogP contribution in [0.1, 0.15) is 85.9 Å². The molecule has 0 amide bonds. The topological polar surface area (TPSA) is 107 Å². The molecule has 0 heterocycles. The van der Waals surface area contributed by atoms with Crippen molar-refractivity contribution < 1.29 is 42.8 Å². The van der Waals surface area contributed by atoms with Gasteiger partial charge in [-0.3, -0.25) is 0 Å². The molecule has 0 unspecified atom stereocenters. The van der Waals surface area contributed by atoms with Gasteiger partial charge in [-0.05, 0) is 87.4 Å². The quantitative estimate of drug-likeness (QED) is 0.118. The van der Waals surface area contributed by atoms with E-state index in [1.54, 1.807) is 135 Å². The first-order valence-corrected chi connectivity index (χ1v) is 14.3. The Bertz CT molecular complexity index is 1310. The fourth-order valence-corrected chi connectivity index (χ4v) is 4.42. The number of para-hydroxylation sites is 3. The highest BCUT2D eigenvalue weighted by Gasteiger charge is 2.40. The van der Waals surface area contributed by atoms with Crippen LogP contribution in [0.5, 0.6) is 17.2 Å². The maximum Gasteiger partial charge on any atom is 0.514 e. The molecule has 0 fully saturated rings. The molecule has 236 valence electrons. The summed E-state index contributed by atoms with van der Waals surface area (Å²) in [6.45, 7) is 17.5. The van der Waals surface area contributed by atoms with Gasteiger partial charge >= 0.3 is 18.5 Å². The predicted octanol–water partition coefficient (Wildman–Crippen LogP) is 8.98. The Kier molecular flexibility index (Phi) is 10.0. The molecule has 0 aromatic heterocycles. The Morgan fingerprint density at radius 2 is 0.636 bits per heavy atom. The van der Waals surface area contributed by atoms with Crippen molar-refractivity contribution in [2.75, 3.05) is 0 Å². The third-order valence-corrected chi connectivity index (χ3v) is 6.03. The molecule has 9 nitrogen and oxygen atoms in total. The van der Waals surface area contributed by atoms with Crippen molar-refractivity contribution in [2.24, 2.45) is 0 Å². The van der Waals surface area contributed by atoms with E-state index in [0.717, 1.165) is 0 Å². The zero-order valence-corrected chi connectivity index (χ0v) is 27.1. The molecule has 44 heavy (non-hydrogen) atoms. The maximum atomic E-state index is 12.9. The zero-order valence-electron chi connectivity index (χ0n) is 27.1. The van der Waals surface area contributed by atoms with Crippen molar-refractivity contribution in [3.63, 3.8) is 0 Å². The van der Waals surface area contributed by atoms with Gasteiger partial charge in [0.25, 0.3) is 0 Å². The van der Waals surface area contributed by atoms with Crippen LogP contribution in [0.4, 0.5) is 14.4 Å². The molecule has 0 radical (unpaired) electrons. The maximum absolute atomic E-state index is 12.9. The second-order valence-corrected chi connectivity index (χ2v) is 13.3. The summed E-state index contributed by atoms with van der Waals surface area (Å²) in [6.07, 6.45) is -2.70. The molecule has 3 rings (SSSR count). The fourth-order valence-electron chi connectivity index (χ4n) is 4.42. The van der Waals surface area contributed by atoms with Gasteiger partial charge in [0, 0.05) is 16.7 Å². The van der Waals surface area contributed by atoms with Gasteiger partial charge < -0.3 is 28.4 Å². The van der Waals surface area contributed by atoms with Crippen molar-refractivity contribution in [1.29, 1.82) is 0 Å². The van der Waals surface area contributed by atoms with Crippen molar-refractivity contribution in [3.05, 3.63) is 89.5 Å². The minimum absolute atomic E-state index is 0.184. The van der Waals surface area contributed by atoms with Gasteiger partial charge in [-0.1, -0.05) is 54.6 Å². The number of carbonyl (C=O) groups is 3. The van der Waals surface area contributed by atoms with E-state index in [9.17, 15) is 14.4 Å². The Morgan fingerprint density at radius 1 is 0.409 bits per heavy atom. The number of benzene rings is 3. The molecule has 0 aliphatic carbocycles. The number of hydrogen-bond acceptors (Lipinski definition) is 9. The lowest BCUT2D eigenvalue weighted by molar-refractivity contribution is 0.0193. The van der Waals surface area contributed by atoms with E-state index in [1.165, 1.54) is 0 Å². The van der Waals surface area contributed by atoms with E-state index in [1.807, 2.05) is 6.92 Å². The highest BCUT2D eigenvalue weighted by Crippen LogP contribution is 2.49. The normalized spacial score (nSPS) is 12.1. The third-order valence-electron chi connectivity index (χ3n) is 6.03. The third kappa shape index (κ3) is 9.23. The molecule has 0 saturated carbocycles. The summed E-state index contributed by atoms with van der Waals surface area (Å²) in [5.74, 6) is 0.551. The van der Waals surface area contributed by atoms with Crippen molar-refractivity contribution in [2.45, 2.75) is 91.5 Å². The molecule has 0 spiro atoms. The lowest BCUT2D eigenvalue weighted by Gasteiger charge is -2.35. The summed E-state index contributed by atoms with van der Waals surface area (Å²) in [5, 5.41) is 0. The minimum atomic E-state index is -1.25. The van der Waals surface area contributed by atoms with E-state index in [2.05, 4.69) is 0 Å². The summed E-state index contributed by atoms with van der Waals surface area (Å²) >= 11 is 0. The Balaban J connectivity index is 2.28. The SMILES string of the molecule is CC(C)(C)OC(=O)Oc1ccccc1C(C)(c1ccccc1OC(=O)OC(C)(C)C)c1ccccc1OC(=O)OC(C)(C)C. The summed E-state index contributed by atoms with van der Waals surface area (Å²) in [5.41, 5.74) is -2.16. The largest absolute Gasteiger partial charge is 0.514 e. The van der Waals surface area contributed by atoms with Crippen molar-refractivity contribution in [1.82, 2.24) is 0 Å². The molecule has 3 aromatic rings. The van der Waals surface area contributed by atoms with E-state index in [0.29, 0.717) is 16.7 Å². The van der Waals surface area contributed by atoms with Gasteiger partial charge in [0.2, 0.25) is 0 Å². The highest BCUT2D eigenvalue weighted by molar-refractivity contribution is 5.71. The standard InChI is InChI=1S/C35H42O9/c1-32(2,3)42-29(36)39-26-20-14-11-17-23(26)35(10,24-18-12-15-21-27(24)40-30(37)43-33(4,5)6)25-19-13-16-22-28(25)41-31(38)44-34(7,8)9/h11-22H,1-10H3. The van der Waals surface area contributed by atoms with Crippen LogP contribution in [0.3, 0.4) is 0 Å². The molecule has 0 bridgehead atoms. The summed E-state index contributed by atoms with van der Waals surface area (Å²) in [4.78, 5) is 38.6. The average Bonchev–Trinajstić information content (AvgIpc) is 2.86. The first-order chi connectivity index (χ1) is 20.3. The lowest BCUT2D eigenvalue weighted by Crippen LogP contribution is -2.31. The van der Waals surface area contributed by atoms with Gasteiger partial charge in [-0.15, -0.1) is 0 Å². The van der Waals surface area contributed by atoms with Crippen molar-refractivity contribution >= 4 is 18.5 Å². The summed E-state index contributed by atoms with van der Waals surface area (Å²) in [7, 11) is 0. The zero-order chi connectivity index (χ0) is 32.9. The first kappa shape index (κ1) is 34.0. The molecular formula is C35H42O9. The fraction of sp³-hybridized carbons (Fsp3) is 0.400. The molecule has 3 aromatic carbocycles. The molecule has 9 heteroatoms. The van der Waals surface area contributed by atoms with Crippen LogP contribution in [0.2, 0.25) is 0 Å². The number of rotatable bonds is 6. The van der Waals surface area contributed by atoms with Crippen molar-refractivity contribution in [3.8, 4) is 17.2 Å².